The van der Waals surface area contributed by atoms with E-state index in [9.17, 15) is 4.79 Å². The maximum absolute atomic E-state index is 12.5. The Balaban J connectivity index is 1.48. The van der Waals surface area contributed by atoms with Gasteiger partial charge in [0.05, 0.1) is 16.6 Å². The molecule has 3 heterocycles. The highest BCUT2D eigenvalue weighted by Crippen LogP contribution is 2.24. The summed E-state index contributed by atoms with van der Waals surface area (Å²) in [5.41, 5.74) is 2.95. The molecule has 138 valence electrons. The molecule has 0 radical (unpaired) electrons. The molecule has 0 bridgehead atoms. The highest BCUT2D eigenvalue weighted by molar-refractivity contribution is 7.98. The van der Waals surface area contributed by atoms with Gasteiger partial charge in [-0.1, -0.05) is 36.0 Å². The minimum Gasteiger partial charge on any atom is -0.279 e. The van der Waals surface area contributed by atoms with Crippen molar-refractivity contribution in [3.05, 3.63) is 82.9 Å². The summed E-state index contributed by atoms with van der Waals surface area (Å²) in [6.45, 7) is 0. The average Bonchev–Trinajstić information content (AvgIpc) is 3.41. The Morgan fingerprint density at radius 2 is 1.82 bits per heavy atom. The Labute approximate surface area is 164 Å². The Morgan fingerprint density at radius 1 is 1.00 bits per heavy atom. The van der Waals surface area contributed by atoms with Crippen molar-refractivity contribution in [3.8, 4) is 5.69 Å². The van der Waals surface area contributed by atoms with Gasteiger partial charge in [-0.2, -0.15) is 5.10 Å². The van der Waals surface area contributed by atoms with Crippen LogP contribution < -0.4 is 5.56 Å². The van der Waals surface area contributed by atoms with Crippen LogP contribution in [0.4, 0.5) is 0 Å². The number of aryl methyl sites for hydroxylation is 1. The van der Waals surface area contributed by atoms with Crippen molar-refractivity contribution >= 4 is 28.4 Å². The highest BCUT2D eigenvalue weighted by atomic mass is 32.2. The van der Waals surface area contributed by atoms with Gasteiger partial charge in [-0.05, 0) is 35.9 Å². The molecule has 0 saturated carbocycles. The van der Waals surface area contributed by atoms with Crippen LogP contribution in [0.1, 0.15) is 5.56 Å². The fourth-order valence-electron chi connectivity index (χ4n) is 3.22. The summed E-state index contributed by atoms with van der Waals surface area (Å²) in [7, 11) is 1.72. The van der Waals surface area contributed by atoms with E-state index in [2.05, 4.69) is 27.4 Å². The van der Waals surface area contributed by atoms with Gasteiger partial charge in [-0.15, -0.1) is 10.2 Å². The summed E-state index contributed by atoms with van der Waals surface area (Å²) in [6.07, 6.45) is 3.68. The lowest BCUT2D eigenvalue weighted by atomic mass is 10.2. The lowest BCUT2D eigenvalue weighted by molar-refractivity contribution is 0.853. The molecule has 0 atom stereocenters. The van der Waals surface area contributed by atoms with Crippen molar-refractivity contribution in [2.45, 2.75) is 10.9 Å². The number of thioether (sulfide) groups is 1. The van der Waals surface area contributed by atoms with Gasteiger partial charge >= 0.3 is 0 Å². The van der Waals surface area contributed by atoms with Crippen LogP contribution in [0.25, 0.3) is 22.4 Å². The molecular formula is C20H16N6OS. The summed E-state index contributed by atoms with van der Waals surface area (Å²) in [5.74, 6) is 1.29. The Bertz CT molecular complexity index is 1340. The molecule has 0 fully saturated rings. The van der Waals surface area contributed by atoms with Gasteiger partial charge in [0.1, 0.15) is 0 Å². The summed E-state index contributed by atoms with van der Waals surface area (Å²) in [5, 5.41) is 14.2. The van der Waals surface area contributed by atoms with Gasteiger partial charge in [0.2, 0.25) is 5.78 Å². The number of para-hydroxylation sites is 1. The van der Waals surface area contributed by atoms with E-state index in [0.29, 0.717) is 11.2 Å². The fraction of sp³-hybridized carbons (Fsp3) is 0.100. The first-order valence-electron chi connectivity index (χ1n) is 8.77. The minimum absolute atomic E-state index is 0.0683. The zero-order chi connectivity index (χ0) is 19.1. The smallest absolute Gasteiger partial charge is 0.262 e. The Hall–Kier alpha value is -3.39. The molecule has 0 unspecified atom stereocenters. The first-order chi connectivity index (χ1) is 13.7. The van der Waals surface area contributed by atoms with Crippen molar-refractivity contribution in [2.24, 2.45) is 7.05 Å². The van der Waals surface area contributed by atoms with Gasteiger partial charge in [-0.3, -0.25) is 13.8 Å². The van der Waals surface area contributed by atoms with Crippen LogP contribution in [0.15, 0.2) is 76.9 Å². The topological polar surface area (TPSA) is 70.0 Å². The first kappa shape index (κ1) is 16.8. The van der Waals surface area contributed by atoms with E-state index in [-0.39, 0.29) is 5.56 Å². The number of hydrogen-bond donors (Lipinski definition) is 0. The standard InChI is InChI=1S/C20H16N6OS/c1-24-18(27)16-5-2-3-6-17(16)26-19(24)22-23-20(26)28-13-14-7-9-15(10-8-14)25-12-4-11-21-25/h2-12H,13H2,1H3. The maximum atomic E-state index is 12.5. The second kappa shape index (κ2) is 6.65. The molecule has 0 N–H and O–H groups in total. The maximum Gasteiger partial charge on any atom is 0.262 e. The number of rotatable bonds is 4. The van der Waals surface area contributed by atoms with Crippen molar-refractivity contribution in [1.82, 2.24) is 28.9 Å². The first-order valence-corrected chi connectivity index (χ1v) is 9.75. The third-order valence-electron chi connectivity index (χ3n) is 4.67. The minimum atomic E-state index is -0.0683. The van der Waals surface area contributed by atoms with E-state index in [1.165, 1.54) is 10.1 Å². The second-order valence-corrected chi connectivity index (χ2v) is 7.35. The Morgan fingerprint density at radius 3 is 2.61 bits per heavy atom. The van der Waals surface area contributed by atoms with Gasteiger partial charge in [0.15, 0.2) is 5.16 Å². The normalized spacial score (nSPS) is 11.5. The SMILES string of the molecule is Cn1c(=O)c2ccccc2n2c(SCc3ccc(-n4cccn4)cc3)nnc12. The van der Waals surface area contributed by atoms with Gasteiger partial charge in [-0.25, -0.2) is 4.68 Å². The molecule has 0 aliphatic carbocycles. The molecule has 2 aromatic carbocycles. The molecular weight excluding hydrogens is 372 g/mol. The van der Waals surface area contributed by atoms with Crippen molar-refractivity contribution in [1.29, 1.82) is 0 Å². The molecule has 8 heteroatoms. The molecule has 0 amide bonds. The molecule has 5 rings (SSSR count). The van der Waals surface area contributed by atoms with Gasteiger partial charge < -0.3 is 0 Å². The molecule has 28 heavy (non-hydrogen) atoms. The van der Waals surface area contributed by atoms with Gasteiger partial charge in [0, 0.05) is 25.2 Å². The van der Waals surface area contributed by atoms with Crippen LogP contribution in [0, 0.1) is 0 Å². The molecule has 3 aromatic heterocycles. The summed E-state index contributed by atoms with van der Waals surface area (Å²) in [6, 6.07) is 17.7. The molecule has 7 nitrogen and oxygen atoms in total. The van der Waals surface area contributed by atoms with Crippen LogP contribution in [-0.2, 0) is 12.8 Å². The number of aromatic nitrogens is 6. The molecule has 0 spiro atoms. The van der Waals surface area contributed by atoms with E-state index in [4.69, 9.17) is 0 Å². The molecule has 0 aliphatic heterocycles. The third kappa shape index (κ3) is 2.69. The molecule has 5 aromatic rings. The second-order valence-electron chi connectivity index (χ2n) is 6.41. The summed E-state index contributed by atoms with van der Waals surface area (Å²) in [4.78, 5) is 12.5. The largest absolute Gasteiger partial charge is 0.279 e. The van der Waals surface area contributed by atoms with Crippen LogP contribution in [0.5, 0.6) is 0 Å². The lowest BCUT2D eigenvalue weighted by Crippen LogP contribution is -2.20. The number of hydrogen-bond acceptors (Lipinski definition) is 5. The lowest BCUT2D eigenvalue weighted by Gasteiger charge is -2.08. The third-order valence-corrected chi connectivity index (χ3v) is 5.67. The number of benzene rings is 2. The van der Waals surface area contributed by atoms with E-state index in [1.54, 1.807) is 25.0 Å². The van der Waals surface area contributed by atoms with Crippen molar-refractivity contribution in [3.63, 3.8) is 0 Å². The van der Waals surface area contributed by atoms with E-state index in [1.807, 2.05) is 57.7 Å². The quantitative estimate of drug-likeness (QED) is 0.443. The van der Waals surface area contributed by atoms with Crippen LogP contribution >= 0.6 is 11.8 Å². The predicted molar refractivity (Wildman–Crippen MR) is 109 cm³/mol. The summed E-state index contributed by atoms with van der Waals surface area (Å²) >= 11 is 1.59. The molecule has 0 aliphatic rings. The highest BCUT2D eigenvalue weighted by Gasteiger charge is 2.14. The predicted octanol–water partition coefficient (Wildman–Crippen LogP) is 3.06. The van der Waals surface area contributed by atoms with E-state index >= 15 is 0 Å². The monoisotopic (exact) mass is 388 g/mol. The fourth-order valence-corrected chi connectivity index (χ4v) is 4.11. The zero-order valence-electron chi connectivity index (χ0n) is 15.1. The van der Waals surface area contributed by atoms with Crippen LogP contribution in [0.2, 0.25) is 0 Å². The number of fused-ring (bicyclic) bond motifs is 3. The van der Waals surface area contributed by atoms with Crippen molar-refractivity contribution in [2.75, 3.05) is 0 Å². The zero-order valence-corrected chi connectivity index (χ0v) is 15.9. The number of nitrogens with zero attached hydrogens (tertiary/aromatic N) is 6. The van der Waals surface area contributed by atoms with Crippen LogP contribution in [0.3, 0.4) is 0 Å². The van der Waals surface area contributed by atoms with E-state index in [0.717, 1.165) is 22.1 Å². The van der Waals surface area contributed by atoms with Crippen molar-refractivity contribution < 1.29 is 0 Å². The summed E-state index contributed by atoms with van der Waals surface area (Å²) < 4.78 is 5.31. The molecule has 0 saturated heterocycles. The Kier molecular flexibility index (Phi) is 3.98. The van der Waals surface area contributed by atoms with Gasteiger partial charge in [0.25, 0.3) is 5.56 Å². The van der Waals surface area contributed by atoms with Crippen LogP contribution in [-0.4, -0.2) is 28.9 Å². The van der Waals surface area contributed by atoms with E-state index < -0.39 is 0 Å². The average molecular weight is 388 g/mol.